The Kier molecular flexibility index (Phi) is 4.97. The van der Waals surface area contributed by atoms with Crippen LogP contribution in [-0.4, -0.2) is 26.2 Å². The van der Waals surface area contributed by atoms with Crippen molar-refractivity contribution in [2.45, 2.75) is 13.1 Å². The standard InChI is InChI=1S/C13H13F3N2O2/c1-3-20-12(19)8-18(2)10-5-4-9(7-17)11(6-10)13(14,15)16/h4-6H,3,8H2,1-2H3. The van der Waals surface area contributed by atoms with Gasteiger partial charge in [0.25, 0.3) is 0 Å². The first-order chi connectivity index (χ1) is 9.29. The number of carbonyl (C=O) groups excluding carboxylic acids is 1. The molecule has 1 aromatic carbocycles. The topological polar surface area (TPSA) is 53.3 Å². The van der Waals surface area contributed by atoms with Crippen molar-refractivity contribution < 1.29 is 22.7 Å². The highest BCUT2D eigenvalue weighted by Crippen LogP contribution is 2.34. The maximum atomic E-state index is 12.8. The molecule has 20 heavy (non-hydrogen) atoms. The molecular formula is C13H13F3N2O2. The molecule has 0 amide bonds. The van der Waals surface area contributed by atoms with E-state index in [0.29, 0.717) is 0 Å². The fraction of sp³-hybridized carbons (Fsp3) is 0.385. The predicted molar refractivity (Wildman–Crippen MR) is 66.1 cm³/mol. The monoisotopic (exact) mass is 286 g/mol. The zero-order valence-corrected chi connectivity index (χ0v) is 11.0. The highest BCUT2D eigenvalue weighted by Gasteiger charge is 2.34. The summed E-state index contributed by atoms with van der Waals surface area (Å²) >= 11 is 0. The van der Waals surface area contributed by atoms with Crippen molar-refractivity contribution in [3.05, 3.63) is 29.3 Å². The van der Waals surface area contributed by atoms with Crippen LogP contribution in [0.4, 0.5) is 18.9 Å². The van der Waals surface area contributed by atoms with Gasteiger partial charge in [-0.15, -0.1) is 0 Å². The lowest BCUT2D eigenvalue weighted by Crippen LogP contribution is -2.27. The average Bonchev–Trinajstić information content (AvgIpc) is 2.37. The molecule has 0 N–H and O–H groups in total. The second-order valence-corrected chi connectivity index (χ2v) is 4.00. The molecule has 7 heteroatoms. The maximum Gasteiger partial charge on any atom is 0.417 e. The molecule has 0 atom stereocenters. The van der Waals surface area contributed by atoms with Crippen LogP contribution in [0.1, 0.15) is 18.1 Å². The van der Waals surface area contributed by atoms with Crippen molar-refractivity contribution in [1.82, 2.24) is 0 Å². The molecule has 0 radical (unpaired) electrons. The summed E-state index contributed by atoms with van der Waals surface area (Å²) in [6, 6.07) is 4.78. The molecule has 0 unspecified atom stereocenters. The smallest absolute Gasteiger partial charge is 0.417 e. The Morgan fingerprint density at radius 2 is 2.10 bits per heavy atom. The van der Waals surface area contributed by atoms with Crippen LogP contribution < -0.4 is 4.90 Å². The minimum Gasteiger partial charge on any atom is -0.465 e. The van der Waals surface area contributed by atoms with Crippen molar-refractivity contribution in [2.24, 2.45) is 0 Å². The fourth-order valence-corrected chi connectivity index (χ4v) is 1.59. The molecule has 0 saturated carbocycles. The van der Waals surface area contributed by atoms with Crippen LogP contribution in [0.2, 0.25) is 0 Å². The van der Waals surface area contributed by atoms with E-state index in [-0.39, 0.29) is 18.8 Å². The normalized spacial score (nSPS) is 10.8. The number of benzene rings is 1. The van der Waals surface area contributed by atoms with Crippen molar-refractivity contribution in [3.8, 4) is 6.07 Å². The van der Waals surface area contributed by atoms with E-state index in [9.17, 15) is 18.0 Å². The van der Waals surface area contributed by atoms with Gasteiger partial charge in [-0.2, -0.15) is 18.4 Å². The van der Waals surface area contributed by atoms with E-state index in [4.69, 9.17) is 10.00 Å². The summed E-state index contributed by atoms with van der Waals surface area (Å²) in [6.45, 7) is 1.67. The van der Waals surface area contributed by atoms with Gasteiger partial charge in [0, 0.05) is 12.7 Å². The highest BCUT2D eigenvalue weighted by atomic mass is 19.4. The summed E-state index contributed by atoms with van der Waals surface area (Å²) in [7, 11) is 1.47. The quantitative estimate of drug-likeness (QED) is 0.798. The van der Waals surface area contributed by atoms with E-state index in [2.05, 4.69) is 0 Å². The molecular weight excluding hydrogens is 273 g/mol. The summed E-state index contributed by atoms with van der Waals surface area (Å²) in [4.78, 5) is 12.6. The molecule has 108 valence electrons. The lowest BCUT2D eigenvalue weighted by Gasteiger charge is -2.20. The second kappa shape index (κ2) is 6.28. The van der Waals surface area contributed by atoms with Gasteiger partial charge in [-0.3, -0.25) is 4.79 Å². The van der Waals surface area contributed by atoms with Gasteiger partial charge in [-0.05, 0) is 25.1 Å². The van der Waals surface area contributed by atoms with E-state index in [1.54, 1.807) is 6.92 Å². The van der Waals surface area contributed by atoms with Gasteiger partial charge in [-0.25, -0.2) is 0 Å². The zero-order chi connectivity index (χ0) is 15.3. The van der Waals surface area contributed by atoms with Crippen LogP contribution in [0.3, 0.4) is 0 Å². The fourth-order valence-electron chi connectivity index (χ4n) is 1.59. The maximum absolute atomic E-state index is 12.8. The van der Waals surface area contributed by atoms with Gasteiger partial charge in [0.15, 0.2) is 0 Å². The molecule has 1 rings (SSSR count). The van der Waals surface area contributed by atoms with Crippen LogP contribution in [0.25, 0.3) is 0 Å². The van der Waals surface area contributed by atoms with Crippen molar-refractivity contribution in [2.75, 3.05) is 25.1 Å². The lowest BCUT2D eigenvalue weighted by molar-refractivity contribution is -0.141. The summed E-state index contributed by atoms with van der Waals surface area (Å²) < 4.78 is 43.1. The first-order valence-corrected chi connectivity index (χ1v) is 5.77. The highest BCUT2D eigenvalue weighted by molar-refractivity contribution is 5.75. The van der Waals surface area contributed by atoms with Crippen LogP contribution in [0.15, 0.2) is 18.2 Å². The Hall–Kier alpha value is -2.23. The minimum atomic E-state index is -4.62. The number of alkyl halides is 3. The van der Waals surface area contributed by atoms with Crippen LogP contribution in [0.5, 0.6) is 0 Å². The minimum absolute atomic E-state index is 0.170. The van der Waals surface area contributed by atoms with Crippen molar-refractivity contribution in [3.63, 3.8) is 0 Å². The van der Waals surface area contributed by atoms with Crippen molar-refractivity contribution in [1.29, 1.82) is 5.26 Å². The first kappa shape index (κ1) is 15.8. The molecule has 0 fully saturated rings. The zero-order valence-electron chi connectivity index (χ0n) is 11.0. The summed E-state index contributed by atoms with van der Waals surface area (Å²) in [5.41, 5.74) is -1.29. The van der Waals surface area contributed by atoms with Gasteiger partial charge in [-0.1, -0.05) is 0 Å². The third-order valence-electron chi connectivity index (χ3n) is 2.54. The number of ether oxygens (including phenoxy) is 1. The number of carbonyl (C=O) groups is 1. The van der Waals surface area contributed by atoms with E-state index in [0.717, 1.165) is 12.1 Å². The van der Waals surface area contributed by atoms with Crippen LogP contribution in [0, 0.1) is 11.3 Å². The molecule has 0 aliphatic carbocycles. The molecule has 0 saturated heterocycles. The van der Waals surface area contributed by atoms with E-state index >= 15 is 0 Å². The third kappa shape index (κ3) is 3.88. The lowest BCUT2D eigenvalue weighted by atomic mass is 10.1. The molecule has 0 heterocycles. The molecule has 0 bridgehead atoms. The van der Waals surface area contributed by atoms with Crippen LogP contribution >= 0.6 is 0 Å². The van der Waals surface area contributed by atoms with Gasteiger partial charge in [0.1, 0.15) is 6.54 Å². The molecule has 0 aliphatic rings. The number of anilines is 1. The third-order valence-corrected chi connectivity index (χ3v) is 2.54. The number of nitrogens with zero attached hydrogens (tertiary/aromatic N) is 2. The number of rotatable bonds is 4. The Labute approximate surface area is 114 Å². The largest absolute Gasteiger partial charge is 0.465 e. The van der Waals surface area contributed by atoms with E-state index < -0.39 is 23.3 Å². The Morgan fingerprint density at radius 3 is 2.60 bits per heavy atom. The van der Waals surface area contributed by atoms with Crippen molar-refractivity contribution >= 4 is 11.7 Å². The Bertz CT molecular complexity index is 535. The number of likely N-dealkylation sites (N-methyl/N-ethyl adjacent to an activating group) is 1. The molecule has 0 aromatic heterocycles. The number of halogens is 3. The number of nitriles is 1. The molecule has 0 aliphatic heterocycles. The van der Waals surface area contributed by atoms with Gasteiger partial charge < -0.3 is 9.64 Å². The first-order valence-electron chi connectivity index (χ1n) is 5.77. The summed E-state index contributed by atoms with van der Waals surface area (Å²) in [6.07, 6.45) is -4.62. The van der Waals surface area contributed by atoms with Crippen LogP contribution in [-0.2, 0) is 15.7 Å². The van der Waals surface area contributed by atoms with Gasteiger partial charge in [0.05, 0.1) is 23.8 Å². The molecule has 0 spiro atoms. The number of esters is 1. The Morgan fingerprint density at radius 1 is 1.45 bits per heavy atom. The van der Waals surface area contributed by atoms with Gasteiger partial charge in [0.2, 0.25) is 0 Å². The van der Waals surface area contributed by atoms with E-state index in [1.807, 2.05) is 0 Å². The number of hydrogen-bond acceptors (Lipinski definition) is 4. The Balaban J connectivity index is 3.03. The SMILES string of the molecule is CCOC(=O)CN(C)c1ccc(C#N)c(C(F)(F)F)c1. The molecule has 1 aromatic rings. The summed E-state index contributed by atoms with van der Waals surface area (Å²) in [5.74, 6) is -0.534. The number of hydrogen-bond donors (Lipinski definition) is 0. The second-order valence-electron chi connectivity index (χ2n) is 4.00. The summed E-state index contributed by atoms with van der Waals surface area (Å²) in [5, 5.41) is 8.69. The predicted octanol–water partition coefficient (Wildman–Crippen LogP) is 2.58. The van der Waals surface area contributed by atoms with Gasteiger partial charge >= 0.3 is 12.1 Å². The average molecular weight is 286 g/mol. The van der Waals surface area contributed by atoms with E-state index in [1.165, 1.54) is 24.1 Å². The molecule has 4 nitrogen and oxygen atoms in total.